The smallest absolute Gasteiger partial charge is 0.279 e. The first-order chi connectivity index (χ1) is 16.6. The number of ether oxygens (including phenoxy) is 2. The molecule has 0 radical (unpaired) electrons. The summed E-state index contributed by atoms with van der Waals surface area (Å²) in [5.41, 5.74) is 1.64. The van der Waals surface area contributed by atoms with Gasteiger partial charge in [-0.25, -0.2) is 4.68 Å². The molecule has 0 atom stereocenters. The molecule has 0 spiro atoms. The van der Waals surface area contributed by atoms with Crippen molar-refractivity contribution in [2.45, 2.75) is 0 Å². The van der Waals surface area contributed by atoms with E-state index in [1.165, 1.54) is 4.68 Å². The van der Waals surface area contributed by atoms with Crippen LogP contribution in [0.3, 0.4) is 0 Å². The maximum absolute atomic E-state index is 13.9. The van der Waals surface area contributed by atoms with Crippen LogP contribution in [0.5, 0.6) is 11.5 Å². The zero-order valence-corrected chi connectivity index (χ0v) is 18.7. The Labute approximate surface area is 196 Å². The summed E-state index contributed by atoms with van der Waals surface area (Å²) in [4.78, 5) is 28.1. The maximum Gasteiger partial charge on any atom is 0.279 e. The molecule has 0 N–H and O–H groups in total. The number of carbonyl (C=O) groups is 1. The van der Waals surface area contributed by atoms with E-state index < -0.39 is 0 Å². The van der Waals surface area contributed by atoms with Crippen molar-refractivity contribution >= 4 is 28.4 Å². The number of rotatable bonds is 5. The van der Waals surface area contributed by atoms with Gasteiger partial charge in [0.2, 0.25) is 0 Å². The van der Waals surface area contributed by atoms with Crippen LogP contribution < -0.4 is 19.9 Å². The molecule has 1 aromatic heterocycles. The number of carbonyl (C=O) groups excluding carboxylic acids is 1. The van der Waals surface area contributed by atoms with E-state index in [9.17, 15) is 9.59 Å². The lowest BCUT2D eigenvalue weighted by molar-refractivity contribution is 0.0984. The average molecular weight is 453 g/mol. The zero-order chi connectivity index (χ0) is 23.5. The summed E-state index contributed by atoms with van der Waals surface area (Å²) < 4.78 is 12.6. The number of fused-ring (bicyclic) bond motifs is 2. The molecule has 3 aromatic carbocycles. The summed E-state index contributed by atoms with van der Waals surface area (Å²) in [6.45, 7) is 1.24. The SMILES string of the molecule is Cn1nc(C(=O)N(C/C=C\c2ccccc2)c2ccc3c(c2)OCCO3)c2ccccc2c1=O. The molecule has 4 aromatic rings. The number of nitrogens with zero attached hydrogens (tertiary/aromatic N) is 3. The third-order valence-electron chi connectivity index (χ3n) is 5.64. The van der Waals surface area contributed by atoms with Gasteiger partial charge in [0.25, 0.3) is 11.5 Å². The van der Waals surface area contributed by atoms with E-state index in [0.717, 1.165) is 5.56 Å². The number of anilines is 1. The van der Waals surface area contributed by atoms with Crippen molar-refractivity contribution in [1.29, 1.82) is 0 Å². The lowest BCUT2D eigenvalue weighted by atomic mass is 10.1. The van der Waals surface area contributed by atoms with Crippen LogP contribution >= 0.6 is 0 Å². The molecule has 170 valence electrons. The van der Waals surface area contributed by atoms with Gasteiger partial charge in [0.05, 0.1) is 5.39 Å². The van der Waals surface area contributed by atoms with E-state index in [1.54, 1.807) is 48.3 Å². The molecule has 1 aliphatic rings. The second-order valence-electron chi connectivity index (χ2n) is 7.88. The summed E-state index contributed by atoms with van der Waals surface area (Å²) in [5.74, 6) is 0.918. The van der Waals surface area contributed by atoms with Gasteiger partial charge in [-0.3, -0.25) is 9.59 Å². The van der Waals surface area contributed by atoms with Crippen molar-refractivity contribution in [3.63, 3.8) is 0 Å². The topological polar surface area (TPSA) is 73.7 Å². The highest BCUT2D eigenvalue weighted by Crippen LogP contribution is 2.34. The lowest BCUT2D eigenvalue weighted by Crippen LogP contribution is -2.34. The molecule has 5 rings (SSSR count). The normalized spacial score (nSPS) is 12.7. The van der Waals surface area contributed by atoms with E-state index >= 15 is 0 Å². The Morgan fingerprint density at radius 2 is 1.68 bits per heavy atom. The molecular formula is C27H23N3O4. The van der Waals surface area contributed by atoms with Crippen LogP contribution in [0.15, 0.2) is 83.7 Å². The number of benzene rings is 3. The van der Waals surface area contributed by atoms with Crippen LogP contribution in [-0.2, 0) is 7.05 Å². The predicted molar refractivity (Wildman–Crippen MR) is 132 cm³/mol. The third-order valence-corrected chi connectivity index (χ3v) is 5.64. The summed E-state index contributed by atoms with van der Waals surface area (Å²) in [6.07, 6.45) is 3.89. The highest BCUT2D eigenvalue weighted by atomic mass is 16.6. The molecule has 0 bridgehead atoms. The molecule has 0 unspecified atom stereocenters. The van der Waals surface area contributed by atoms with Crippen LogP contribution in [0, 0.1) is 0 Å². The minimum atomic E-state index is -0.318. The Balaban J connectivity index is 1.57. The molecule has 7 heteroatoms. The lowest BCUT2D eigenvalue weighted by Gasteiger charge is -2.25. The van der Waals surface area contributed by atoms with Gasteiger partial charge in [0.15, 0.2) is 17.2 Å². The highest BCUT2D eigenvalue weighted by Gasteiger charge is 2.24. The largest absolute Gasteiger partial charge is 0.486 e. The van der Waals surface area contributed by atoms with Crippen LogP contribution in [0.2, 0.25) is 0 Å². The van der Waals surface area contributed by atoms with E-state index in [4.69, 9.17) is 9.47 Å². The van der Waals surface area contributed by atoms with E-state index in [1.807, 2.05) is 48.6 Å². The van der Waals surface area contributed by atoms with Crippen LogP contribution in [0.25, 0.3) is 16.8 Å². The average Bonchev–Trinajstić information content (AvgIpc) is 2.89. The van der Waals surface area contributed by atoms with Crippen molar-refractivity contribution in [2.75, 3.05) is 24.7 Å². The Morgan fingerprint density at radius 1 is 0.971 bits per heavy atom. The van der Waals surface area contributed by atoms with Crippen LogP contribution in [0.4, 0.5) is 5.69 Å². The fourth-order valence-electron chi connectivity index (χ4n) is 3.95. The van der Waals surface area contributed by atoms with E-state index in [0.29, 0.717) is 47.7 Å². The number of aryl methyl sites for hydroxylation is 1. The fraction of sp³-hybridized carbons (Fsp3) is 0.148. The van der Waals surface area contributed by atoms with Gasteiger partial charge >= 0.3 is 0 Å². The minimum Gasteiger partial charge on any atom is -0.486 e. The molecule has 0 saturated heterocycles. The van der Waals surface area contributed by atoms with Crippen LogP contribution in [-0.4, -0.2) is 35.4 Å². The molecular weight excluding hydrogens is 430 g/mol. The molecule has 0 aliphatic carbocycles. The second-order valence-corrected chi connectivity index (χ2v) is 7.88. The maximum atomic E-state index is 13.9. The predicted octanol–water partition coefficient (Wildman–Crippen LogP) is 4.06. The molecule has 0 saturated carbocycles. The zero-order valence-electron chi connectivity index (χ0n) is 18.7. The van der Waals surface area contributed by atoms with Gasteiger partial charge in [-0.15, -0.1) is 0 Å². The molecule has 2 heterocycles. The Bertz CT molecular complexity index is 1440. The number of aromatic nitrogens is 2. The summed E-state index contributed by atoms with van der Waals surface area (Å²) >= 11 is 0. The van der Waals surface area contributed by atoms with Gasteiger partial charge < -0.3 is 14.4 Å². The van der Waals surface area contributed by atoms with Crippen molar-refractivity contribution in [3.8, 4) is 11.5 Å². The van der Waals surface area contributed by atoms with E-state index in [2.05, 4.69) is 5.10 Å². The van der Waals surface area contributed by atoms with Gasteiger partial charge in [-0.2, -0.15) is 5.10 Å². The Morgan fingerprint density at radius 3 is 2.47 bits per heavy atom. The first-order valence-corrected chi connectivity index (χ1v) is 11.0. The summed E-state index contributed by atoms with van der Waals surface area (Å²) in [7, 11) is 1.55. The standard InChI is InChI=1S/C27H23N3O4/c1-29-26(31)22-12-6-5-11-21(22)25(28-29)27(32)30(15-7-10-19-8-3-2-4-9-19)20-13-14-23-24(18-20)34-17-16-33-23/h2-14,18H,15-17H2,1H3/b10-7-. The van der Waals surface area contributed by atoms with Crippen molar-refractivity contribution in [1.82, 2.24) is 9.78 Å². The summed E-state index contributed by atoms with van der Waals surface area (Å²) in [6, 6.07) is 22.3. The minimum absolute atomic E-state index is 0.209. The molecule has 34 heavy (non-hydrogen) atoms. The second kappa shape index (κ2) is 9.23. The van der Waals surface area contributed by atoms with Crippen molar-refractivity contribution < 1.29 is 14.3 Å². The van der Waals surface area contributed by atoms with Gasteiger partial charge in [-0.05, 0) is 23.8 Å². The quantitative estimate of drug-likeness (QED) is 0.456. The third kappa shape index (κ3) is 4.15. The molecule has 0 fully saturated rings. The van der Waals surface area contributed by atoms with Gasteiger partial charge in [0, 0.05) is 30.7 Å². The van der Waals surface area contributed by atoms with Crippen molar-refractivity contribution in [3.05, 3.63) is 100 Å². The Kier molecular flexibility index (Phi) is 5.82. The van der Waals surface area contributed by atoms with Gasteiger partial charge in [0.1, 0.15) is 13.2 Å². The summed E-state index contributed by atoms with van der Waals surface area (Å²) in [5, 5.41) is 5.30. The van der Waals surface area contributed by atoms with Gasteiger partial charge in [-0.1, -0.05) is 60.7 Å². The monoisotopic (exact) mass is 453 g/mol. The highest BCUT2D eigenvalue weighted by molar-refractivity contribution is 6.12. The first-order valence-electron chi connectivity index (χ1n) is 11.0. The fourth-order valence-corrected chi connectivity index (χ4v) is 3.95. The molecule has 7 nitrogen and oxygen atoms in total. The first kappa shape index (κ1) is 21.5. The number of hydrogen-bond donors (Lipinski definition) is 0. The number of hydrogen-bond acceptors (Lipinski definition) is 5. The van der Waals surface area contributed by atoms with Crippen molar-refractivity contribution in [2.24, 2.45) is 7.05 Å². The van der Waals surface area contributed by atoms with E-state index in [-0.39, 0.29) is 17.2 Å². The Hall–Kier alpha value is -4.39. The number of amides is 1. The van der Waals surface area contributed by atoms with Crippen LogP contribution in [0.1, 0.15) is 16.1 Å². The molecule has 1 aliphatic heterocycles. The molecule has 1 amide bonds.